The van der Waals surface area contributed by atoms with Crippen LogP contribution < -0.4 is 0 Å². The van der Waals surface area contributed by atoms with E-state index in [1.165, 1.54) is 6.07 Å². The molecule has 0 saturated carbocycles. The van der Waals surface area contributed by atoms with Crippen LogP contribution in [0.5, 0.6) is 0 Å². The fraction of sp³-hybridized carbons (Fsp3) is 0.286. The first kappa shape index (κ1) is 12.5. The fourth-order valence-corrected chi connectivity index (χ4v) is 1.79. The molecule has 94 valence electrons. The summed E-state index contributed by atoms with van der Waals surface area (Å²) in [5.74, 6) is -0.567. The van der Waals surface area contributed by atoms with Gasteiger partial charge in [-0.2, -0.15) is 5.10 Å². The molecule has 0 amide bonds. The van der Waals surface area contributed by atoms with Crippen molar-refractivity contribution in [1.82, 2.24) is 9.78 Å². The quantitative estimate of drug-likeness (QED) is 0.780. The lowest BCUT2D eigenvalue weighted by Gasteiger charge is -2.03. The van der Waals surface area contributed by atoms with Crippen molar-refractivity contribution < 1.29 is 9.18 Å². The summed E-state index contributed by atoms with van der Waals surface area (Å²) in [4.78, 5) is 12.2. The van der Waals surface area contributed by atoms with Crippen molar-refractivity contribution in [2.45, 2.75) is 20.3 Å². The number of ketones is 1. The molecule has 2 aromatic rings. The highest BCUT2D eigenvalue weighted by molar-refractivity contribution is 6.07. The summed E-state index contributed by atoms with van der Waals surface area (Å²) in [6.45, 7) is 3.64. The van der Waals surface area contributed by atoms with E-state index in [4.69, 9.17) is 0 Å². The van der Waals surface area contributed by atoms with E-state index in [1.807, 2.05) is 6.92 Å². The highest BCUT2D eigenvalue weighted by Crippen LogP contribution is 2.14. The predicted molar refractivity (Wildman–Crippen MR) is 67.2 cm³/mol. The SMILES string of the molecule is CCc1cc(C(=O)c2ccc(C)c(F)c2)n(C)n1. The summed E-state index contributed by atoms with van der Waals surface area (Å²) in [6, 6.07) is 6.27. The van der Waals surface area contributed by atoms with E-state index in [1.54, 1.807) is 36.9 Å². The molecule has 18 heavy (non-hydrogen) atoms. The first-order chi connectivity index (χ1) is 8.52. The first-order valence-corrected chi connectivity index (χ1v) is 5.86. The lowest BCUT2D eigenvalue weighted by atomic mass is 10.1. The monoisotopic (exact) mass is 246 g/mol. The molecule has 0 radical (unpaired) electrons. The smallest absolute Gasteiger partial charge is 0.211 e. The highest BCUT2D eigenvalue weighted by Gasteiger charge is 2.15. The van der Waals surface area contributed by atoms with Gasteiger partial charge in [0, 0.05) is 12.6 Å². The molecule has 3 nitrogen and oxygen atoms in total. The second-order valence-electron chi connectivity index (χ2n) is 4.29. The van der Waals surface area contributed by atoms with Crippen LogP contribution in [0.3, 0.4) is 0 Å². The molecular weight excluding hydrogens is 231 g/mol. The van der Waals surface area contributed by atoms with Crippen molar-refractivity contribution in [2.75, 3.05) is 0 Å². The molecule has 0 atom stereocenters. The van der Waals surface area contributed by atoms with Crippen LogP contribution >= 0.6 is 0 Å². The van der Waals surface area contributed by atoms with Gasteiger partial charge in [0.25, 0.3) is 0 Å². The van der Waals surface area contributed by atoms with Gasteiger partial charge in [0.2, 0.25) is 5.78 Å². The summed E-state index contributed by atoms with van der Waals surface area (Å²) in [6.07, 6.45) is 0.767. The Morgan fingerprint density at radius 3 is 2.67 bits per heavy atom. The molecule has 1 heterocycles. The van der Waals surface area contributed by atoms with Gasteiger partial charge in [-0.05, 0) is 31.0 Å². The molecule has 4 heteroatoms. The number of nitrogens with zero attached hydrogens (tertiary/aromatic N) is 2. The Kier molecular flexibility index (Phi) is 3.28. The molecule has 1 aromatic carbocycles. The van der Waals surface area contributed by atoms with Crippen molar-refractivity contribution in [2.24, 2.45) is 7.05 Å². The third kappa shape index (κ3) is 2.18. The molecule has 0 unspecified atom stereocenters. The number of halogens is 1. The number of hydrogen-bond acceptors (Lipinski definition) is 2. The molecule has 0 N–H and O–H groups in total. The van der Waals surface area contributed by atoms with Crippen molar-refractivity contribution >= 4 is 5.78 Å². The number of carbonyl (C=O) groups excluding carboxylic acids is 1. The summed E-state index contributed by atoms with van der Waals surface area (Å²) in [7, 11) is 1.72. The maximum Gasteiger partial charge on any atom is 0.211 e. The van der Waals surface area contributed by atoms with E-state index >= 15 is 0 Å². The minimum absolute atomic E-state index is 0.205. The van der Waals surface area contributed by atoms with E-state index in [9.17, 15) is 9.18 Å². The van der Waals surface area contributed by atoms with Crippen molar-refractivity contribution in [1.29, 1.82) is 0 Å². The number of benzene rings is 1. The van der Waals surface area contributed by atoms with E-state index in [2.05, 4.69) is 5.10 Å². The third-order valence-corrected chi connectivity index (χ3v) is 2.96. The summed E-state index contributed by atoms with van der Waals surface area (Å²) in [5.41, 5.74) is 2.22. The maximum atomic E-state index is 13.5. The van der Waals surface area contributed by atoms with Gasteiger partial charge in [0.1, 0.15) is 11.5 Å². The number of hydrogen-bond donors (Lipinski definition) is 0. The molecule has 0 aliphatic carbocycles. The Morgan fingerprint density at radius 1 is 1.39 bits per heavy atom. The molecule has 0 spiro atoms. The van der Waals surface area contributed by atoms with Crippen LogP contribution in [-0.4, -0.2) is 15.6 Å². The summed E-state index contributed by atoms with van der Waals surface area (Å²) in [5, 5.41) is 4.22. The summed E-state index contributed by atoms with van der Waals surface area (Å²) >= 11 is 0. The van der Waals surface area contributed by atoms with E-state index in [0.717, 1.165) is 12.1 Å². The molecule has 2 rings (SSSR count). The molecule has 0 fully saturated rings. The number of carbonyl (C=O) groups is 1. The molecule has 0 aliphatic rings. The average molecular weight is 246 g/mol. The number of aryl methyl sites for hydroxylation is 3. The Balaban J connectivity index is 2.41. The van der Waals surface area contributed by atoms with Crippen molar-refractivity contribution in [3.63, 3.8) is 0 Å². The molecule has 0 bridgehead atoms. The maximum absolute atomic E-state index is 13.5. The molecular formula is C14H15FN2O. The lowest BCUT2D eigenvalue weighted by Crippen LogP contribution is -2.08. The van der Waals surface area contributed by atoms with E-state index in [0.29, 0.717) is 16.8 Å². The predicted octanol–water partition coefficient (Wildman–Crippen LogP) is 2.66. The summed E-state index contributed by atoms with van der Waals surface area (Å²) < 4.78 is 15.0. The first-order valence-electron chi connectivity index (χ1n) is 5.86. The number of rotatable bonds is 3. The Hall–Kier alpha value is -1.97. The van der Waals surface area contributed by atoms with Crippen molar-refractivity contribution in [3.05, 3.63) is 52.6 Å². The third-order valence-electron chi connectivity index (χ3n) is 2.96. The Labute approximate surface area is 105 Å². The van der Waals surface area contributed by atoms with Crippen LogP contribution in [0.2, 0.25) is 0 Å². The molecule has 0 aliphatic heterocycles. The molecule has 1 aromatic heterocycles. The van der Waals surface area contributed by atoms with Gasteiger partial charge in [-0.25, -0.2) is 4.39 Å². The zero-order valence-electron chi connectivity index (χ0n) is 10.7. The number of aromatic nitrogens is 2. The van der Waals surface area contributed by atoms with Gasteiger partial charge in [-0.15, -0.1) is 0 Å². The standard InChI is InChI=1S/C14H15FN2O/c1-4-11-8-13(17(3)16-11)14(18)10-6-5-9(2)12(15)7-10/h5-8H,4H2,1-3H3. The van der Waals surface area contributed by atoms with Crippen LogP contribution in [0.4, 0.5) is 4.39 Å². The van der Waals surface area contributed by atoms with Gasteiger partial charge >= 0.3 is 0 Å². The van der Waals surface area contributed by atoms with Crippen LogP contribution in [0, 0.1) is 12.7 Å². The zero-order valence-corrected chi connectivity index (χ0v) is 10.7. The topological polar surface area (TPSA) is 34.9 Å². The zero-order chi connectivity index (χ0) is 13.3. The van der Waals surface area contributed by atoms with Gasteiger partial charge in [-0.1, -0.05) is 19.1 Å². The van der Waals surface area contributed by atoms with E-state index in [-0.39, 0.29) is 11.6 Å². The van der Waals surface area contributed by atoms with Gasteiger partial charge < -0.3 is 0 Å². The van der Waals surface area contributed by atoms with Crippen LogP contribution in [-0.2, 0) is 13.5 Å². The Bertz CT molecular complexity index is 602. The van der Waals surface area contributed by atoms with Gasteiger partial charge in [0.15, 0.2) is 0 Å². The van der Waals surface area contributed by atoms with Crippen molar-refractivity contribution in [3.8, 4) is 0 Å². The highest BCUT2D eigenvalue weighted by atomic mass is 19.1. The Morgan fingerprint density at radius 2 is 2.11 bits per heavy atom. The second-order valence-corrected chi connectivity index (χ2v) is 4.29. The van der Waals surface area contributed by atoms with Crippen LogP contribution in [0.25, 0.3) is 0 Å². The molecule has 0 saturated heterocycles. The largest absolute Gasteiger partial charge is 0.287 e. The average Bonchev–Trinajstić information content (AvgIpc) is 2.73. The van der Waals surface area contributed by atoms with Gasteiger partial charge in [-0.3, -0.25) is 9.48 Å². The second kappa shape index (κ2) is 4.72. The van der Waals surface area contributed by atoms with Crippen LogP contribution in [0.15, 0.2) is 24.3 Å². The lowest BCUT2D eigenvalue weighted by molar-refractivity contribution is 0.103. The van der Waals surface area contributed by atoms with E-state index < -0.39 is 0 Å². The normalized spacial score (nSPS) is 10.7. The minimum Gasteiger partial charge on any atom is -0.287 e. The fourth-order valence-electron chi connectivity index (χ4n) is 1.79. The van der Waals surface area contributed by atoms with Gasteiger partial charge in [0.05, 0.1) is 5.69 Å². The van der Waals surface area contributed by atoms with Crippen LogP contribution in [0.1, 0.15) is 34.2 Å². The minimum atomic E-state index is -0.362.